The fourth-order valence-corrected chi connectivity index (χ4v) is 5.60. The summed E-state index contributed by atoms with van der Waals surface area (Å²) in [7, 11) is 0. The summed E-state index contributed by atoms with van der Waals surface area (Å²) in [5.74, 6) is 1.33. The molecule has 1 unspecified atom stereocenters. The molecule has 5 rings (SSSR count). The maximum absolute atomic E-state index is 12.7. The summed E-state index contributed by atoms with van der Waals surface area (Å²) in [4.78, 5) is 21.8. The molecule has 0 saturated carbocycles. The Bertz CT molecular complexity index is 1010. The Morgan fingerprint density at radius 1 is 1.18 bits per heavy atom. The zero-order chi connectivity index (χ0) is 19.3. The number of carbonyl (C=O) groups is 1. The average molecular weight is 394 g/mol. The van der Waals surface area contributed by atoms with Crippen LogP contribution in [0, 0.1) is 13.8 Å². The number of carbonyl (C=O) groups excluding carboxylic acids is 1. The van der Waals surface area contributed by atoms with Gasteiger partial charge >= 0.3 is 0 Å². The van der Waals surface area contributed by atoms with Crippen molar-refractivity contribution in [2.45, 2.75) is 51.9 Å². The lowest BCUT2D eigenvalue weighted by atomic mass is 9.99. The monoisotopic (exact) mass is 393 g/mol. The summed E-state index contributed by atoms with van der Waals surface area (Å²) in [5, 5.41) is 4.23. The summed E-state index contributed by atoms with van der Waals surface area (Å²) in [6.07, 6.45) is 5.25. The van der Waals surface area contributed by atoms with Gasteiger partial charge in [0.2, 0.25) is 5.91 Å². The molecule has 1 aliphatic heterocycles. The van der Waals surface area contributed by atoms with E-state index < -0.39 is 0 Å². The predicted octanol–water partition coefficient (Wildman–Crippen LogP) is 4.81. The van der Waals surface area contributed by atoms with Crippen molar-refractivity contribution in [1.29, 1.82) is 0 Å². The first-order valence-corrected chi connectivity index (χ1v) is 10.7. The van der Waals surface area contributed by atoms with Crippen molar-refractivity contribution < 1.29 is 9.32 Å². The van der Waals surface area contributed by atoms with Crippen LogP contribution in [0.25, 0.3) is 10.8 Å². The van der Waals surface area contributed by atoms with E-state index in [0.717, 1.165) is 34.5 Å². The third-order valence-electron chi connectivity index (χ3n) is 5.85. The molecule has 2 aromatic heterocycles. The zero-order valence-corrected chi connectivity index (χ0v) is 17.0. The second-order valence-corrected chi connectivity index (χ2v) is 9.01. The Morgan fingerprint density at radius 2 is 1.96 bits per heavy atom. The molecule has 5 nitrogen and oxygen atoms in total. The summed E-state index contributed by atoms with van der Waals surface area (Å²) < 4.78 is 5.58. The Balaban J connectivity index is 1.39. The Labute approximate surface area is 168 Å². The van der Waals surface area contributed by atoms with Gasteiger partial charge in [0.25, 0.3) is 5.89 Å². The molecule has 0 spiro atoms. The van der Waals surface area contributed by atoms with Crippen LogP contribution in [0.15, 0.2) is 28.8 Å². The van der Waals surface area contributed by atoms with Crippen molar-refractivity contribution in [3.05, 3.63) is 51.7 Å². The van der Waals surface area contributed by atoms with Gasteiger partial charge in [0.05, 0.1) is 4.88 Å². The molecule has 0 bridgehead atoms. The van der Waals surface area contributed by atoms with Crippen molar-refractivity contribution in [3.8, 4) is 10.8 Å². The van der Waals surface area contributed by atoms with Crippen molar-refractivity contribution in [2.24, 2.45) is 0 Å². The molecule has 28 heavy (non-hydrogen) atoms. The van der Waals surface area contributed by atoms with Gasteiger partial charge in [-0.05, 0) is 62.3 Å². The summed E-state index contributed by atoms with van der Waals surface area (Å²) in [5.41, 5.74) is 4.69. The maximum atomic E-state index is 12.7. The molecular formula is C22H23N3O2S. The van der Waals surface area contributed by atoms with E-state index in [-0.39, 0.29) is 11.8 Å². The number of aryl methyl sites for hydroxylation is 4. The van der Waals surface area contributed by atoms with Crippen LogP contribution >= 0.6 is 11.3 Å². The molecule has 1 aliphatic carbocycles. The highest BCUT2D eigenvalue weighted by molar-refractivity contribution is 7.15. The van der Waals surface area contributed by atoms with E-state index in [0.29, 0.717) is 24.7 Å². The lowest BCUT2D eigenvalue weighted by Gasteiger charge is -2.21. The van der Waals surface area contributed by atoms with Gasteiger partial charge in [-0.15, -0.1) is 11.3 Å². The number of para-hydroxylation sites is 1. The molecule has 3 heterocycles. The van der Waals surface area contributed by atoms with Crippen LogP contribution in [0.3, 0.4) is 0 Å². The third kappa shape index (κ3) is 2.96. The number of aromatic nitrogens is 2. The van der Waals surface area contributed by atoms with Crippen LogP contribution in [0.4, 0.5) is 5.69 Å². The van der Waals surface area contributed by atoms with E-state index in [9.17, 15) is 4.79 Å². The van der Waals surface area contributed by atoms with Crippen LogP contribution < -0.4 is 4.90 Å². The number of hydrogen-bond acceptors (Lipinski definition) is 5. The van der Waals surface area contributed by atoms with E-state index in [2.05, 4.69) is 16.2 Å². The van der Waals surface area contributed by atoms with E-state index in [1.807, 2.05) is 36.9 Å². The first-order chi connectivity index (χ1) is 13.6. The number of fused-ring (bicyclic) bond motifs is 1. The minimum Gasteiger partial charge on any atom is -0.333 e. The van der Waals surface area contributed by atoms with E-state index >= 15 is 0 Å². The molecule has 2 aliphatic rings. The molecule has 1 amide bonds. The molecule has 3 aromatic rings. The van der Waals surface area contributed by atoms with E-state index in [1.165, 1.54) is 23.3 Å². The van der Waals surface area contributed by atoms with Crippen molar-refractivity contribution in [3.63, 3.8) is 0 Å². The number of nitrogens with zero attached hydrogens (tertiary/aromatic N) is 3. The maximum Gasteiger partial charge on any atom is 0.268 e. The highest BCUT2D eigenvalue weighted by Crippen LogP contribution is 2.37. The minimum atomic E-state index is -0.0291. The van der Waals surface area contributed by atoms with Gasteiger partial charge < -0.3 is 9.42 Å². The van der Waals surface area contributed by atoms with E-state index in [4.69, 9.17) is 4.52 Å². The molecule has 6 heteroatoms. The minimum absolute atomic E-state index is 0.0291. The van der Waals surface area contributed by atoms with Gasteiger partial charge in [0, 0.05) is 29.4 Å². The number of amides is 1. The predicted molar refractivity (Wildman–Crippen MR) is 110 cm³/mol. The topological polar surface area (TPSA) is 59.2 Å². The molecule has 1 saturated heterocycles. The SMILES string of the molecule is Cc1cccc(C)c1N1CC(c2noc(-c3cc4c(s3)CCCC4)n2)CC1=O. The quantitative estimate of drug-likeness (QED) is 0.640. The van der Waals surface area contributed by atoms with Crippen LogP contribution in [0.1, 0.15) is 52.6 Å². The number of rotatable bonds is 3. The van der Waals surface area contributed by atoms with Gasteiger partial charge in [-0.2, -0.15) is 4.98 Å². The van der Waals surface area contributed by atoms with Crippen molar-refractivity contribution in [1.82, 2.24) is 10.1 Å². The van der Waals surface area contributed by atoms with E-state index in [1.54, 1.807) is 11.3 Å². The Kier molecular flexibility index (Phi) is 4.31. The van der Waals surface area contributed by atoms with Gasteiger partial charge in [0.1, 0.15) is 0 Å². The summed E-state index contributed by atoms with van der Waals surface area (Å²) >= 11 is 1.77. The molecule has 144 valence electrons. The molecule has 0 N–H and O–H groups in total. The van der Waals surface area contributed by atoms with Gasteiger partial charge in [-0.25, -0.2) is 0 Å². The normalized spacial score (nSPS) is 19.3. The van der Waals surface area contributed by atoms with Crippen LogP contribution in [0.5, 0.6) is 0 Å². The van der Waals surface area contributed by atoms with Crippen LogP contribution in [0.2, 0.25) is 0 Å². The smallest absolute Gasteiger partial charge is 0.268 e. The molecule has 1 aromatic carbocycles. The van der Waals surface area contributed by atoms with Gasteiger partial charge in [0.15, 0.2) is 5.82 Å². The van der Waals surface area contributed by atoms with Crippen LogP contribution in [-0.2, 0) is 17.6 Å². The molecule has 1 atom stereocenters. The van der Waals surface area contributed by atoms with Crippen molar-refractivity contribution in [2.75, 3.05) is 11.4 Å². The number of thiophene rings is 1. The van der Waals surface area contributed by atoms with Crippen molar-refractivity contribution >= 4 is 22.9 Å². The first-order valence-electron chi connectivity index (χ1n) is 9.92. The molecule has 1 fully saturated rings. The highest BCUT2D eigenvalue weighted by Gasteiger charge is 2.36. The van der Waals surface area contributed by atoms with Gasteiger partial charge in [-0.3, -0.25) is 4.79 Å². The lowest BCUT2D eigenvalue weighted by molar-refractivity contribution is -0.117. The number of anilines is 1. The van der Waals surface area contributed by atoms with Gasteiger partial charge in [-0.1, -0.05) is 23.4 Å². The molecular weight excluding hydrogens is 370 g/mol. The fourth-order valence-electron chi connectivity index (χ4n) is 4.42. The Hall–Kier alpha value is -2.47. The molecule has 0 radical (unpaired) electrons. The Morgan fingerprint density at radius 3 is 2.75 bits per heavy atom. The number of benzene rings is 1. The fraction of sp³-hybridized carbons (Fsp3) is 0.409. The summed E-state index contributed by atoms with van der Waals surface area (Å²) in [6.45, 7) is 4.70. The summed E-state index contributed by atoms with van der Waals surface area (Å²) in [6, 6.07) is 8.33. The second kappa shape index (κ2) is 6.85. The zero-order valence-electron chi connectivity index (χ0n) is 16.2. The van der Waals surface area contributed by atoms with Crippen LogP contribution in [-0.4, -0.2) is 22.6 Å². The standard InChI is InChI=1S/C22H23N3O2S/c1-13-6-5-7-14(2)20(13)25-12-16(11-19(25)26)21-23-22(27-24-21)18-10-15-8-3-4-9-17(15)28-18/h5-7,10,16H,3-4,8-9,11-12H2,1-2H3. The first kappa shape index (κ1) is 17.6. The highest BCUT2D eigenvalue weighted by atomic mass is 32.1. The number of hydrogen-bond donors (Lipinski definition) is 0. The second-order valence-electron chi connectivity index (χ2n) is 7.87. The largest absolute Gasteiger partial charge is 0.333 e. The average Bonchev–Trinajstić information content (AvgIpc) is 3.39. The lowest BCUT2D eigenvalue weighted by Crippen LogP contribution is -2.26. The third-order valence-corrected chi connectivity index (χ3v) is 7.07.